The molecule has 0 atom stereocenters. The number of halogens is 2. The molecule has 0 fully saturated rings. The van der Waals surface area contributed by atoms with Crippen molar-refractivity contribution in [2.24, 2.45) is 0 Å². The van der Waals surface area contributed by atoms with Gasteiger partial charge in [0.2, 0.25) is 0 Å². The standard InChI is InChI=1S/C21H14Br2O3/c22-18-11-15(12-24)6-8-19(18)26-20-9-7-16(13-25)17(21(20)23)10-14-4-2-1-3-5-14/h1-9,11-13H,10H2. The number of carbonyl (C=O) groups is 2. The van der Waals surface area contributed by atoms with Crippen molar-refractivity contribution in [3.8, 4) is 11.5 Å². The van der Waals surface area contributed by atoms with Crippen molar-refractivity contribution < 1.29 is 14.3 Å². The summed E-state index contributed by atoms with van der Waals surface area (Å²) in [6.45, 7) is 0. The average molecular weight is 474 g/mol. The van der Waals surface area contributed by atoms with Crippen LogP contribution in [0.15, 0.2) is 69.6 Å². The number of hydrogen-bond donors (Lipinski definition) is 0. The van der Waals surface area contributed by atoms with Crippen LogP contribution in [-0.2, 0) is 6.42 Å². The third-order valence-electron chi connectivity index (χ3n) is 3.91. The van der Waals surface area contributed by atoms with Gasteiger partial charge in [0.05, 0.1) is 8.95 Å². The largest absolute Gasteiger partial charge is 0.455 e. The van der Waals surface area contributed by atoms with Crippen LogP contribution >= 0.6 is 31.9 Å². The second-order valence-electron chi connectivity index (χ2n) is 5.64. The Bertz CT molecular complexity index is 953. The van der Waals surface area contributed by atoms with Gasteiger partial charge in [-0.1, -0.05) is 30.3 Å². The summed E-state index contributed by atoms with van der Waals surface area (Å²) in [7, 11) is 0. The van der Waals surface area contributed by atoms with Gasteiger partial charge in [0, 0.05) is 11.1 Å². The Balaban J connectivity index is 1.97. The zero-order valence-electron chi connectivity index (χ0n) is 13.6. The maximum atomic E-state index is 11.5. The fourth-order valence-corrected chi connectivity index (χ4v) is 3.63. The summed E-state index contributed by atoms with van der Waals surface area (Å²) in [5, 5.41) is 0. The monoisotopic (exact) mass is 472 g/mol. The van der Waals surface area contributed by atoms with E-state index in [1.807, 2.05) is 30.3 Å². The fourth-order valence-electron chi connectivity index (χ4n) is 2.58. The summed E-state index contributed by atoms with van der Waals surface area (Å²) < 4.78 is 7.40. The van der Waals surface area contributed by atoms with Crippen molar-refractivity contribution in [3.63, 3.8) is 0 Å². The molecule has 0 aromatic heterocycles. The summed E-state index contributed by atoms with van der Waals surface area (Å²) in [6.07, 6.45) is 2.24. The van der Waals surface area contributed by atoms with Gasteiger partial charge in [0.15, 0.2) is 0 Å². The normalized spacial score (nSPS) is 10.4. The van der Waals surface area contributed by atoms with E-state index in [9.17, 15) is 9.59 Å². The third-order valence-corrected chi connectivity index (χ3v) is 5.40. The predicted molar refractivity (Wildman–Crippen MR) is 108 cm³/mol. The van der Waals surface area contributed by atoms with Gasteiger partial charge in [0.25, 0.3) is 0 Å². The van der Waals surface area contributed by atoms with Gasteiger partial charge < -0.3 is 4.74 Å². The van der Waals surface area contributed by atoms with Crippen molar-refractivity contribution >= 4 is 44.4 Å². The molecule has 3 aromatic rings. The number of ether oxygens (including phenoxy) is 1. The van der Waals surface area contributed by atoms with Gasteiger partial charge in [-0.3, -0.25) is 9.59 Å². The number of aldehydes is 2. The Morgan fingerprint density at radius 3 is 2.23 bits per heavy atom. The third kappa shape index (κ3) is 4.11. The van der Waals surface area contributed by atoms with E-state index >= 15 is 0 Å². The number of rotatable bonds is 6. The van der Waals surface area contributed by atoms with E-state index in [0.29, 0.717) is 33.5 Å². The Labute approximate surface area is 168 Å². The summed E-state index contributed by atoms with van der Waals surface area (Å²) in [4.78, 5) is 22.3. The lowest BCUT2D eigenvalue weighted by Gasteiger charge is -2.14. The molecule has 0 saturated carbocycles. The second-order valence-corrected chi connectivity index (χ2v) is 7.28. The first-order chi connectivity index (χ1) is 12.6. The second kappa shape index (κ2) is 8.43. The Morgan fingerprint density at radius 2 is 1.58 bits per heavy atom. The molecule has 0 aliphatic heterocycles. The highest BCUT2D eigenvalue weighted by atomic mass is 79.9. The lowest BCUT2D eigenvalue weighted by molar-refractivity contribution is 0.111. The van der Waals surface area contributed by atoms with Crippen molar-refractivity contribution in [3.05, 3.63) is 91.9 Å². The molecule has 0 amide bonds. The lowest BCUT2D eigenvalue weighted by Crippen LogP contribution is -1.99. The molecular formula is C21H14Br2O3. The predicted octanol–water partition coefficient (Wildman–Crippen LogP) is 6.22. The summed E-state index contributed by atoms with van der Waals surface area (Å²) >= 11 is 7.00. The van der Waals surface area contributed by atoms with Crippen molar-refractivity contribution in [2.45, 2.75) is 6.42 Å². The summed E-state index contributed by atoms with van der Waals surface area (Å²) in [6, 6.07) is 18.5. The maximum Gasteiger partial charge on any atom is 0.150 e. The van der Waals surface area contributed by atoms with Crippen LogP contribution in [0.3, 0.4) is 0 Å². The first kappa shape index (κ1) is 18.5. The summed E-state index contributed by atoms with van der Waals surface area (Å²) in [5.41, 5.74) is 3.14. The zero-order valence-corrected chi connectivity index (χ0v) is 16.8. The number of hydrogen-bond acceptors (Lipinski definition) is 3. The Hall–Kier alpha value is -2.24. The van der Waals surface area contributed by atoms with E-state index in [1.165, 1.54) is 0 Å². The van der Waals surface area contributed by atoms with Crippen LogP contribution in [0, 0.1) is 0 Å². The van der Waals surface area contributed by atoms with E-state index in [-0.39, 0.29) is 0 Å². The number of carbonyl (C=O) groups excluding carboxylic acids is 2. The van der Waals surface area contributed by atoms with Crippen molar-refractivity contribution in [2.75, 3.05) is 0 Å². The minimum absolute atomic E-state index is 0.560. The van der Waals surface area contributed by atoms with Gasteiger partial charge in [-0.2, -0.15) is 0 Å². The molecule has 0 unspecified atom stereocenters. The van der Waals surface area contributed by atoms with E-state index in [1.54, 1.807) is 30.3 Å². The van der Waals surface area contributed by atoms with Crippen LogP contribution in [0.4, 0.5) is 0 Å². The van der Waals surface area contributed by atoms with E-state index in [0.717, 1.165) is 28.2 Å². The molecule has 3 aromatic carbocycles. The first-order valence-corrected chi connectivity index (χ1v) is 9.44. The van der Waals surface area contributed by atoms with Crippen LogP contribution in [0.25, 0.3) is 0 Å². The highest BCUT2D eigenvalue weighted by Gasteiger charge is 2.14. The number of benzene rings is 3. The fraction of sp³-hybridized carbons (Fsp3) is 0.0476. The molecule has 0 aliphatic rings. The van der Waals surface area contributed by atoms with Gasteiger partial charge in [-0.25, -0.2) is 0 Å². The van der Waals surface area contributed by atoms with Crippen LogP contribution < -0.4 is 4.74 Å². The van der Waals surface area contributed by atoms with Gasteiger partial charge in [-0.05, 0) is 79.7 Å². The molecule has 0 heterocycles. The van der Waals surface area contributed by atoms with Gasteiger partial charge >= 0.3 is 0 Å². The maximum absolute atomic E-state index is 11.5. The first-order valence-electron chi connectivity index (χ1n) is 7.85. The summed E-state index contributed by atoms with van der Waals surface area (Å²) in [5.74, 6) is 1.18. The molecule has 0 spiro atoms. The average Bonchev–Trinajstić information content (AvgIpc) is 2.67. The zero-order chi connectivity index (χ0) is 18.5. The molecule has 0 saturated heterocycles. The highest BCUT2D eigenvalue weighted by Crippen LogP contribution is 2.37. The van der Waals surface area contributed by atoms with Crippen LogP contribution in [0.1, 0.15) is 31.8 Å². The van der Waals surface area contributed by atoms with Gasteiger partial charge in [0.1, 0.15) is 24.1 Å². The van der Waals surface area contributed by atoms with Crippen LogP contribution in [-0.4, -0.2) is 12.6 Å². The Morgan fingerprint density at radius 1 is 0.846 bits per heavy atom. The molecule has 5 heteroatoms. The van der Waals surface area contributed by atoms with E-state index in [4.69, 9.17) is 4.74 Å². The topological polar surface area (TPSA) is 43.4 Å². The molecule has 0 bridgehead atoms. The minimum Gasteiger partial charge on any atom is -0.455 e. The lowest BCUT2D eigenvalue weighted by atomic mass is 10.00. The Kier molecular flexibility index (Phi) is 6.01. The quantitative estimate of drug-likeness (QED) is 0.399. The van der Waals surface area contributed by atoms with E-state index in [2.05, 4.69) is 31.9 Å². The molecule has 3 rings (SSSR count). The van der Waals surface area contributed by atoms with Crippen molar-refractivity contribution in [1.82, 2.24) is 0 Å². The van der Waals surface area contributed by atoms with E-state index < -0.39 is 0 Å². The molecule has 130 valence electrons. The molecule has 26 heavy (non-hydrogen) atoms. The molecule has 0 radical (unpaired) electrons. The minimum atomic E-state index is 0.560. The van der Waals surface area contributed by atoms with Crippen LogP contribution in [0.5, 0.6) is 11.5 Å². The van der Waals surface area contributed by atoms with Crippen LogP contribution in [0.2, 0.25) is 0 Å². The SMILES string of the molecule is O=Cc1ccc(Oc2ccc(C=O)c(Cc3ccccc3)c2Br)c(Br)c1. The molecule has 0 N–H and O–H groups in total. The molecule has 0 aliphatic carbocycles. The highest BCUT2D eigenvalue weighted by molar-refractivity contribution is 9.11. The smallest absolute Gasteiger partial charge is 0.150 e. The van der Waals surface area contributed by atoms with Gasteiger partial charge in [-0.15, -0.1) is 0 Å². The molecule has 3 nitrogen and oxygen atoms in total. The molecular weight excluding hydrogens is 460 g/mol. The van der Waals surface area contributed by atoms with Crippen molar-refractivity contribution in [1.29, 1.82) is 0 Å².